The molecule has 2 amide bonds. The SMILES string of the molecule is CCN1CCCCC1C(=O)NCCc1c[nH]c2ccc3c(c12)CCNC3=O.O=C(O)C(F)(F)F. The molecule has 0 aliphatic carbocycles. The number of hydrogen-bond donors (Lipinski definition) is 4. The highest BCUT2D eigenvalue weighted by molar-refractivity contribution is 6.02. The first-order valence-electron chi connectivity index (χ1n) is 11.3. The van der Waals surface area contributed by atoms with Gasteiger partial charge in [-0.2, -0.15) is 13.2 Å². The molecule has 1 unspecified atom stereocenters. The number of likely N-dealkylation sites (tertiary alicyclic amines) is 1. The number of aromatic amines is 1. The fraction of sp³-hybridized carbons (Fsp3) is 0.522. The van der Waals surface area contributed by atoms with Crippen molar-refractivity contribution < 1.29 is 32.7 Å². The summed E-state index contributed by atoms with van der Waals surface area (Å²) >= 11 is 0. The zero-order valence-corrected chi connectivity index (χ0v) is 18.9. The highest BCUT2D eigenvalue weighted by Crippen LogP contribution is 2.28. The fourth-order valence-corrected chi connectivity index (χ4v) is 4.54. The van der Waals surface area contributed by atoms with E-state index in [4.69, 9.17) is 9.90 Å². The lowest BCUT2D eigenvalue weighted by molar-refractivity contribution is -0.192. The van der Waals surface area contributed by atoms with E-state index in [-0.39, 0.29) is 17.9 Å². The number of nitrogens with zero attached hydrogens (tertiary/aromatic N) is 1. The maximum absolute atomic E-state index is 12.6. The lowest BCUT2D eigenvalue weighted by Gasteiger charge is -2.33. The topological polar surface area (TPSA) is 115 Å². The predicted molar refractivity (Wildman–Crippen MR) is 120 cm³/mol. The van der Waals surface area contributed by atoms with Gasteiger partial charge in [-0.25, -0.2) is 4.79 Å². The number of carbonyl (C=O) groups excluding carboxylic acids is 2. The summed E-state index contributed by atoms with van der Waals surface area (Å²) in [5.74, 6) is -2.60. The van der Waals surface area contributed by atoms with Gasteiger partial charge < -0.3 is 20.7 Å². The molecule has 2 aromatic rings. The summed E-state index contributed by atoms with van der Waals surface area (Å²) in [5, 5.41) is 14.3. The van der Waals surface area contributed by atoms with Crippen molar-refractivity contribution in [2.45, 2.75) is 51.2 Å². The van der Waals surface area contributed by atoms with Crippen molar-refractivity contribution in [3.63, 3.8) is 0 Å². The molecule has 2 aliphatic rings. The number of amides is 2. The van der Waals surface area contributed by atoms with Crippen molar-refractivity contribution in [1.82, 2.24) is 20.5 Å². The Morgan fingerprint density at radius 1 is 1.26 bits per heavy atom. The lowest BCUT2D eigenvalue weighted by Crippen LogP contribution is -2.49. The van der Waals surface area contributed by atoms with E-state index in [0.29, 0.717) is 13.1 Å². The van der Waals surface area contributed by atoms with E-state index in [2.05, 4.69) is 27.4 Å². The van der Waals surface area contributed by atoms with E-state index in [9.17, 15) is 22.8 Å². The summed E-state index contributed by atoms with van der Waals surface area (Å²) in [6.07, 6.45) is 1.82. The van der Waals surface area contributed by atoms with Crippen LogP contribution in [0.5, 0.6) is 0 Å². The molecule has 0 saturated carbocycles. The van der Waals surface area contributed by atoms with Crippen LogP contribution in [0.25, 0.3) is 10.9 Å². The van der Waals surface area contributed by atoms with E-state index >= 15 is 0 Å². The number of aromatic nitrogens is 1. The van der Waals surface area contributed by atoms with E-state index in [1.54, 1.807) is 0 Å². The van der Waals surface area contributed by atoms with Gasteiger partial charge >= 0.3 is 12.1 Å². The van der Waals surface area contributed by atoms with Crippen LogP contribution in [0.15, 0.2) is 18.3 Å². The van der Waals surface area contributed by atoms with E-state index in [0.717, 1.165) is 60.8 Å². The highest BCUT2D eigenvalue weighted by Gasteiger charge is 2.38. The minimum absolute atomic E-state index is 0.00978. The Hall–Kier alpha value is -3.08. The number of rotatable bonds is 5. The fourth-order valence-electron chi connectivity index (χ4n) is 4.54. The molecule has 0 spiro atoms. The van der Waals surface area contributed by atoms with Crippen LogP contribution in [0.2, 0.25) is 0 Å². The van der Waals surface area contributed by atoms with Gasteiger partial charge in [-0.05, 0) is 62.0 Å². The zero-order valence-electron chi connectivity index (χ0n) is 18.9. The third kappa shape index (κ3) is 5.88. The van der Waals surface area contributed by atoms with Crippen LogP contribution in [0, 0.1) is 0 Å². The molecular formula is C23H29F3N4O4. The van der Waals surface area contributed by atoms with Gasteiger partial charge in [-0.15, -0.1) is 0 Å². The average Bonchev–Trinajstić information content (AvgIpc) is 3.22. The Morgan fingerprint density at radius 2 is 2.00 bits per heavy atom. The largest absolute Gasteiger partial charge is 0.490 e. The molecular weight excluding hydrogens is 453 g/mol. The first-order valence-corrected chi connectivity index (χ1v) is 11.3. The number of aliphatic carboxylic acids is 1. The number of H-pyrrole nitrogens is 1. The van der Waals surface area contributed by atoms with Gasteiger partial charge in [0.1, 0.15) is 0 Å². The Labute approximate surface area is 194 Å². The van der Waals surface area contributed by atoms with Gasteiger partial charge in [-0.3, -0.25) is 14.5 Å². The summed E-state index contributed by atoms with van der Waals surface area (Å²) in [7, 11) is 0. The Bertz CT molecular complexity index is 1050. The molecule has 0 bridgehead atoms. The molecule has 1 saturated heterocycles. The molecule has 4 rings (SSSR count). The van der Waals surface area contributed by atoms with Crippen LogP contribution >= 0.6 is 0 Å². The smallest absolute Gasteiger partial charge is 0.475 e. The second-order valence-electron chi connectivity index (χ2n) is 8.32. The molecule has 1 aromatic heterocycles. The number of alkyl halides is 3. The summed E-state index contributed by atoms with van der Waals surface area (Å²) in [5.41, 5.74) is 4.14. The molecule has 0 radical (unpaired) electrons. The van der Waals surface area contributed by atoms with Crippen LogP contribution in [0.1, 0.15) is 47.7 Å². The number of carboxylic acids is 1. The van der Waals surface area contributed by atoms with Gasteiger partial charge in [-0.1, -0.05) is 13.3 Å². The number of halogens is 3. The number of fused-ring (bicyclic) bond motifs is 3. The Kier molecular flexibility index (Phi) is 8.19. The van der Waals surface area contributed by atoms with Gasteiger partial charge in [0.25, 0.3) is 5.91 Å². The minimum Gasteiger partial charge on any atom is -0.475 e. The van der Waals surface area contributed by atoms with Crippen LogP contribution in [0.3, 0.4) is 0 Å². The number of carboxylic acid groups (broad SMARTS) is 1. The number of carbonyl (C=O) groups is 3. The lowest BCUT2D eigenvalue weighted by atomic mass is 9.94. The first-order chi connectivity index (χ1) is 16.1. The molecule has 8 nitrogen and oxygen atoms in total. The number of benzene rings is 1. The molecule has 3 heterocycles. The van der Waals surface area contributed by atoms with Crippen molar-refractivity contribution in [2.24, 2.45) is 0 Å². The number of piperidine rings is 1. The minimum atomic E-state index is -5.08. The van der Waals surface area contributed by atoms with Crippen molar-refractivity contribution in [3.05, 3.63) is 35.0 Å². The Balaban J connectivity index is 0.000000406. The summed E-state index contributed by atoms with van der Waals surface area (Å²) < 4.78 is 31.7. The third-order valence-electron chi connectivity index (χ3n) is 6.20. The molecule has 2 aliphatic heterocycles. The summed E-state index contributed by atoms with van der Waals surface area (Å²) in [6, 6.07) is 3.89. The molecule has 1 aromatic carbocycles. The molecule has 11 heteroatoms. The second-order valence-corrected chi connectivity index (χ2v) is 8.32. The zero-order chi connectivity index (χ0) is 24.9. The van der Waals surface area contributed by atoms with E-state index in [1.165, 1.54) is 12.0 Å². The maximum atomic E-state index is 12.6. The van der Waals surface area contributed by atoms with Gasteiger partial charge in [0, 0.05) is 35.8 Å². The average molecular weight is 483 g/mol. The quantitative estimate of drug-likeness (QED) is 0.523. The van der Waals surface area contributed by atoms with Gasteiger partial charge in [0.15, 0.2) is 0 Å². The van der Waals surface area contributed by atoms with Crippen molar-refractivity contribution in [3.8, 4) is 0 Å². The predicted octanol–water partition coefficient (Wildman–Crippen LogP) is 2.62. The van der Waals surface area contributed by atoms with E-state index < -0.39 is 12.1 Å². The van der Waals surface area contributed by atoms with Crippen molar-refractivity contribution >= 4 is 28.7 Å². The van der Waals surface area contributed by atoms with Crippen LogP contribution < -0.4 is 10.6 Å². The molecule has 186 valence electrons. The van der Waals surface area contributed by atoms with Crippen LogP contribution in [-0.2, 0) is 22.4 Å². The number of nitrogens with one attached hydrogen (secondary N) is 3. The Morgan fingerprint density at radius 3 is 2.68 bits per heavy atom. The molecule has 1 atom stereocenters. The second kappa shape index (κ2) is 10.9. The van der Waals surface area contributed by atoms with Crippen LogP contribution in [-0.4, -0.2) is 71.2 Å². The summed E-state index contributed by atoms with van der Waals surface area (Å²) in [4.78, 5) is 39.2. The van der Waals surface area contributed by atoms with Gasteiger partial charge in [0.05, 0.1) is 6.04 Å². The molecule has 34 heavy (non-hydrogen) atoms. The standard InChI is InChI=1S/C21H28N4O2.C2HF3O2/c1-2-25-12-4-3-5-18(25)21(27)23-10-8-14-13-24-17-7-6-16-15(19(14)17)9-11-22-20(16)26;3-2(4,5)1(6)7/h6-7,13,18,24H,2-5,8-12H2,1H3,(H,22,26)(H,23,27);(H,6,7). The third-order valence-corrected chi connectivity index (χ3v) is 6.20. The number of hydrogen-bond acceptors (Lipinski definition) is 4. The van der Waals surface area contributed by atoms with Gasteiger partial charge in [0.2, 0.25) is 5.91 Å². The van der Waals surface area contributed by atoms with E-state index in [1.807, 2.05) is 18.3 Å². The van der Waals surface area contributed by atoms with Crippen molar-refractivity contribution in [1.29, 1.82) is 0 Å². The maximum Gasteiger partial charge on any atom is 0.490 e. The first kappa shape index (κ1) is 25.5. The molecule has 4 N–H and O–H groups in total. The monoisotopic (exact) mass is 482 g/mol. The summed E-state index contributed by atoms with van der Waals surface area (Å²) in [6.45, 7) is 5.37. The highest BCUT2D eigenvalue weighted by atomic mass is 19.4. The normalized spacial score (nSPS) is 18.5. The molecule has 1 fully saturated rings. The number of likely N-dealkylation sites (N-methyl/N-ethyl adjacent to an activating group) is 1. The van der Waals surface area contributed by atoms with Crippen LogP contribution in [0.4, 0.5) is 13.2 Å². The van der Waals surface area contributed by atoms with Crippen molar-refractivity contribution in [2.75, 3.05) is 26.2 Å².